The highest BCUT2D eigenvalue weighted by molar-refractivity contribution is 5.76. The van der Waals surface area contributed by atoms with Crippen LogP contribution in [-0.2, 0) is 11.2 Å². The third-order valence-corrected chi connectivity index (χ3v) is 3.47. The van der Waals surface area contributed by atoms with Crippen LogP contribution in [0.3, 0.4) is 0 Å². The van der Waals surface area contributed by atoms with E-state index >= 15 is 0 Å². The van der Waals surface area contributed by atoms with E-state index in [4.69, 9.17) is 4.74 Å². The van der Waals surface area contributed by atoms with Gasteiger partial charge in [-0.3, -0.25) is 4.79 Å². The van der Waals surface area contributed by atoms with Crippen molar-refractivity contribution in [1.29, 1.82) is 0 Å². The lowest BCUT2D eigenvalue weighted by atomic mass is 10.1. The lowest BCUT2D eigenvalue weighted by Crippen LogP contribution is -2.35. The molecule has 1 heterocycles. The van der Waals surface area contributed by atoms with Crippen LogP contribution in [-0.4, -0.2) is 31.0 Å². The van der Waals surface area contributed by atoms with Gasteiger partial charge in [0.25, 0.3) is 0 Å². The topological polar surface area (TPSA) is 29.5 Å². The predicted molar refractivity (Wildman–Crippen MR) is 71.7 cm³/mol. The van der Waals surface area contributed by atoms with Gasteiger partial charge < -0.3 is 9.64 Å². The van der Waals surface area contributed by atoms with Gasteiger partial charge >= 0.3 is 0 Å². The molecule has 0 spiro atoms. The first-order chi connectivity index (χ1) is 8.79. The number of methoxy groups -OCH3 is 1. The van der Waals surface area contributed by atoms with Crippen LogP contribution in [0, 0.1) is 0 Å². The average Bonchev–Trinajstić information content (AvgIpc) is 2.46. The van der Waals surface area contributed by atoms with E-state index < -0.39 is 0 Å². The number of aryl methyl sites for hydroxylation is 1. The second-order valence-corrected chi connectivity index (χ2v) is 4.79. The van der Waals surface area contributed by atoms with Crippen molar-refractivity contribution in [3.63, 3.8) is 0 Å². The van der Waals surface area contributed by atoms with Gasteiger partial charge in [-0.05, 0) is 43.4 Å². The van der Waals surface area contributed by atoms with Gasteiger partial charge in [-0.25, -0.2) is 0 Å². The van der Waals surface area contributed by atoms with E-state index in [1.165, 1.54) is 12.0 Å². The second kappa shape index (κ2) is 6.43. The van der Waals surface area contributed by atoms with Crippen molar-refractivity contribution in [2.45, 2.75) is 32.1 Å². The van der Waals surface area contributed by atoms with E-state index in [1.54, 1.807) is 7.11 Å². The van der Waals surface area contributed by atoms with Gasteiger partial charge in [-0.1, -0.05) is 12.1 Å². The Morgan fingerprint density at radius 3 is 2.78 bits per heavy atom. The number of hydrogen-bond donors (Lipinski definition) is 0. The quantitative estimate of drug-likeness (QED) is 0.818. The number of benzene rings is 1. The maximum Gasteiger partial charge on any atom is 0.222 e. The number of ether oxygens (including phenoxy) is 1. The Bertz CT molecular complexity index is 397. The van der Waals surface area contributed by atoms with Crippen molar-refractivity contribution < 1.29 is 9.53 Å². The fraction of sp³-hybridized carbons (Fsp3) is 0.533. The summed E-state index contributed by atoms with van der Waals surface area (Å²) in [7, 11) is 1.66. The first-order valence-electron chi connectivity index (χ1n) is 6.70. The number of nitrogens with zero attached hydrogens (tertiary/aromatic N) is 1. The molecule has 0 N–H and O–H groups in total. The minimum Gasteiger partial charge on any atom is -0.497 e. The van der Waals surface area contributed by atoms with Crippen LogP contribution in [0.5, 0.6) is 5.75 Å². The summed E-state index contributed by atoms with van der Waals surface area (Å²) in [5, 5.41) is 0. The van der Waals surface area contributed by atoms with Crippen molar-refractivity contribution in [3.8, 4) is 5.75 Å². The summed E-state index contributed by atoms with van der Waals surface area (Å²) < 4.78 is 5.18. The van der Waals surface area contributed by atoms with Crippen LogP contribution < -0.4 is 4.74 Å². The van der Waals surface area contributed by atoms with Crippen molar-refractivity contribution in [1.82, 2.24) is 4.90 Å². The lowest BCUT2D eigenvalue weighted by Gasteiger charge is -2.26. The van der Waals surface area contributed by atoms with Gasteiger partial charge in [-0.15, -0.1) is 0 Å². The summed E-state index contributed by atoms with van der Waals surface area (Å²) in [6.07, 6.45) is 4.98. The van der Waals surface area contributed by atoms with Crippen molar-refractivity contribution in [2.24, 2.45) is 0 Å². The molecule has 3 nitrogen and oxygen atoms in total. The molecule has 0 radical (unpaired) electrons. The molecule has 0 aromatic heterocycles. The summed E-state index contributed by atoms with van der Waals surface area (Å²) >= 11 is 0. The SMILES string of the molecule is COc1cccc(CCC(=O)N2CCCCC2)c1. The summed E-state index contributed by atoms with van der Waals surface area (Å²) in [5.74, 6) is 1.15. The zero-order valence-electron chi connectivity index (χ0n) is 11.0. The van der Waals surface area contributed by atoms with E-state index in [1.807, 2.05) is 29.2 Å². The summed E-state index contributed by atoms with van der Waals surface area (Å²) in [4.78, 5) is 14.0. The molecule has 0 bridgehead atoms. The molecule has 1 aliphatic rings. The van der Waals surface area contributed by atoms with Gasteiger partial charge in [0.05, 0.1) is 7.11 Å². The number of carbonyl (C=O) groups excluding carboxylic acids is 1. The highest BCUT2D eigenvalue weighted by Gasteiger charge is 2.15. The zero-order valence-corrected chi connectivity index (χ0v) is 11.0. The number of amides is 1. The van der Waals surface area contributed by atoms with Crippen LogP contribution >= 0.6 is 0 Å². The molecule has 1 aliphatic heterocycles. The van der Waals surface area contributed by atoms with E-state index in [0.717, 1.165) is 38.1 Å². The third kappa shape index (κ3) is 3.49. The Morgan fingerprint density at radius 2 is 2.06 bits per heavy atom. The summed E-state index contributed by atoms with van der Waals surface area (Å²) in [5.41, 5.74) is 1.17. The predicted octanol–water partition coefficient (Wildman–Crippen LogP) is 2.64. The smallest absolute Gasteiger partial charge is 0.222 e. The average molecular weight is 247 g/mol. The largest absolute Gasteiger partial charge is 0.497 e. The van der Waals surface area contributed by atoms with Crippen LogP contribution in [0.25, 0.3) is 0 Å². The fourth-order valence-corrected chi connectivity index (χ4v) is 2.38. The van der Waals surface area contributed by atoms with Crippen LogP contribution in [0.2, 0.25) is 0 Å². The Labute approximate surface area is 109 Å². The molecule has 1 saturated heterocycles. The van der Waals surface area contributed by atoms with Crippen LogP contribution in [0.15, 0.2) is 24.3 Å². The van der Waals surface area contributed by atoms with E-state index in [-0.39, 0.29) is 5.91 Å². The van der Waals surface area contributed by atoms with Gasteiger partial charge in [0.1, 0.15) is 5.75 Å². The lowest BCUT2D eigenvalue weighted by molar-refractivity contribution is -0.132. The van der Waals surface area contributed by atoms with Crippen molar-refractivity contribution in [2.75, 3.05) is 20.2 Å². The maximum absolute atomic E-state index is 12.0. The molecule has 0 atom stereocenters. The Hall–Kier alpha value is -1.51. The van der Waals surface area contributed by atoms with E-state index in [0.29, 0.717) is 6.42 Å². The first kappa shape index (κ1) is 12.9. The molecule has 18 heavy (non-hydrogen) atoms. The Kier molecular flexibility index (Phi) is 4.62. The highest BCUT2D eigenvalue weighted by atomic mass is 16.5. The Morgan fingerprint density at radius 1 is 1.28 bits per heavy atom. The molecule has 1 aromatic rings. The molecule has 1 amide bonds. The Balaban J connectivity index is 1.84. The molecule has 2 rings (SSSR count). The zero-order chi connectivity index (χ0) is 12.8. The van der Waals surface area contributed by atoms with Crippen molar-refractivity contribution >= 4 is 5.91 Å². The normalized spacial score (nSPS) is 15.5. The summed E-state index contributed by atoms with van der Waals surface area (Å²) in [6.45, 7) is 1.88. The summed E-state index contributed by atoms with van der Waals surface area (Å²) in [6, 6.07) is 7.95. The molecule has 0 saturated carbocycles. The second-order valence-electron chi connectivity index (χ2n) is 4.79. The van der Waals surface area contributed by atoms with Crippen LogP contribution in [0.1, 0.15) is 31.2 Å². The molecule has 1 fully saturated rings. The van der Waals surface area contributed by atoms with E-state index in [2.05, 4.69) is 0 Å². The number of hydrogen-bond acceptors (Lipinski definition) is 2. The maximum atomic E-state index is 12.0. The minimum absolute atomic E-state index is 0.289. The highest BCUT2D eigenvalue weighted by Crippen LogP contribution is 2.15. The van der Waals surface area contributed by atoms with E-state index in [9.17, 15) is 4.79 Å². The van der Waals surface area contributed by atoms with Crippen LogP contribution in [0.4, 0.5) is 0 Å². The molecular weight excluding hydrogens is 226 g/mol. The number of rotatable bonds is 4. The third-order valence-electron chi connectivity index (χ3n) is 3.47. The molecular formula is C15H21NO2. The fourth-order valence-electron chi connectivity index (χ4n) is 2.38. The monoisotopic (exact) mass is 247 g/mol. The first-order valence-corrected chi connectivity index (χ1v) is 6.70. The van der Waals surface area contributed by atoms with Gasteiger partial charge in [0.2, 0.25) is 5.91 Å². The molecule has 0 aliphatic carbocycles. The molecule has 0 unspecified atom stereocenters. The van der Waals surface area contributed by atoms with Gasteiger partial charge in [-0.2, -0.15) is 0 Å². The standard InChI is InChI=1S/C15H21NO2/c1-18-14-7-5-6-13(12-14)8-9-15(17)16-10-3-2-4-11-16/h5-7,12H,2-4,8-11H2,1H3. The minimum atomic E-state index is 0.289. The molecule has 1 aromatic carbocycles. The number of piperidine rings is 1. The van der Waals surface area contributed by atoms with Gasteiger partial charge in [0.15, 0.2) is 0 Å². The molecule has 98 valence electrons. The number of likely N-dealkylation sites (tertiary alicyclic amines) is 1. The molecule has 3 heteroatoms. The number of carbonyl (C=O) groups is 1. The van der Waals surface area contributed by atoms with Gasteiger partial charge in [0, 0.05) is 19.5 Å². The van der Waals surface area contributed by atoms with Crippen molar-refractivity contribution in [3.05, 3.63) is 29.8 Å².